The summed E-state index contributed by atoms with van der Waals surface area (Å²) in [5.41, 5.74) is 4.44. The quantitative estimate of drug-likeness (QED) is 0.848. The Kier molecular flexibility index (Phi) is 5.47. The van der Waals surface area contributed by atoms with Gasteiger partial charge in [-0.2, -0.15) is 5.26 Å². The summed E-state index contributed by atoms with van der Waals surface area (Å²) >= 11 is 0. The second-order valence-corrected chi connectivity index (χ2v) is 6.17. The molecule has 24 heavy (non-hydrogen) atoms. The van der Waals surface area contributed by atoms with Crippen molar-refractivity contribution in [3.63, 3.8) is 0 Å². The molecule has 2 aromatic carbocycles. The number of ether oxygens (including phenoxy) is 1. The van der Waals surface area contributed by atoms with Crippen molar-refractivity contribution < 1.29 is 4.74 Å². The maximum atomic E-state index is 9.25. The Bertz CT molecular complexity index is 717. The van der Waals surface area contributed by atoms with Gasteiger partial charge in [0.2, 0.25) is 0 Å². The van der Waals surface area contributed by atoms with Crippen molar-refractivity contribution in [3.8, 4) is 6.07 Å². The van der Waals surface area contributed by atoms with E-state index in [-0.39, 0.29) is 0 Å². The molecular weight excluding hydrogens is 298 g/mol. The molecule has 0 atom stereocenters. The van der Waals surface area contributed by atoms with Gasteiger partial charge in [0.05, 0.1) is 24.8 Å². The molecule has 1 aliphatic heterocycles. The predicted octanol–water partition coefficient (Wildman–Crippen LogP) is 3.03. The van der Waals surface area contributed by atoms with Crippen LogP contribution < -0.4 is 4.90 Å². The molecule has 1 fully saturated rings. The highest BCUT2D eigenvalue weighted by Crippen LogP contribution is 2.23. The number of hydrogen-bond acceptors (Lipinski definition) is 4. The molecule has 3 rings (SSSR count). The Balaban J connectivity index is 1.72. The van der Waals surface area contributed by atoms with E-state index in [0.29, 0.717) is 0 Å². The number of hydrogen-bond donors (Lipinski definition) is 0. The van der Waals surface area contributed by atoms with Crippen molar-refractivity contribution in [2.75, 3.05) is 38.3 Å². The molecule has 2 aromatic rings. The summed E-state index contributed by atoms with van der Waals surface area (Å²) in [6, 6.07) is 18.7. The Labute approximate surface area is 143 Å². The first kappa shape index (κ1) is 16.5. The van der Waals surface area contributed by atoms with E-state index in [2.05, 4.69) is 47.2 Å². The standard InChI is InChI=1S/C20H23N3O/c1-22(15-18-7-3-2-6-17(18)14-21)16-19-8-4-5-9-20(19)23-10-12-24-13-11-23/h2-9H,10-13,15-16H2,1H3. The number of benzene rings is 2. The zero-order valence-electron chi connectivity index (χ0n) is 14.1. The molecule has 0 spiro atoms. The monoisotopic (exact) mass is 321 g/mol. The van der Waals surface area contributed by atoms with Gasteiger partial charge in [-0.05, 0) is 30.3 Å². The number of anilines is 1. The maximum Gasteiger partial charge on any atom is 0.0995 e. The fourth-order valence-corrected chi connectivity index (χ4v) is 3.16. The summed E-state index contributed by atoms with van der Waals surface area (Å²) in [6.45, 7) is 5.09. The van der Waals surface area contributed by atoms with Crippen LogP contribution in [0.2, 0.25) is 0 Å². The van der Waals surface area contributed by atoms with Gasteiger partial charge >= 0.3 is 0 Å². The fourth-order valence-electron chi connectivity index (χ4n) is 3.16. The average Bonchev–Trinajstić information content (AvgIpc) is 2.63. The van der Waals surface area contributed by atoms with Crippen molar-refractivity contribution >= 4 is 5.69 Å². The van der Waals surface area contributed by atoms with Gasteiger partial charge in [0.25, 0.3) is 0 Å². The Hall–Kier alpha value is -2.35. The van der Waals surface area contributed by atoms with E-state index in [9.17, 15) is 5.26 Å². The highest BCUT2D eigenvalue weighted by atomic mass is 16.5. The first-order chi connectivity index (χ1) is 11.8. The summed E-state index contributed by atoms with van der Waals surface area (Å²) < 4.78 is 5.46. The highest BCUT2D eigenvalue weighted by molar-refractivity contribution is 5.54. The van der Waals surface area contributed by atoms with Crippen molar-refractivity contribution in [1.82, 2.24) is 4.90 Å². The number of morpholine rings is 1. The number of nitriles is 1. The van der Waals surface area contributed by atoms with E-state index >= 15 is 0 Å². The molecule has 0 bridgehead atoms. The zero-order chi connectivity index (χ0) is 16.8. The van der Waals surface area contributed by atoms with Crippen LogP contribution in [-0.2, 0) is 17.8 Å². The van der Waals surface area contributed by atoms with Crippen LogP contribution in [-0.4, -0.2) is 38.3 Å². The molecule has 0 radical (unpaired) electrons. The van der Waals surface area contributed by atoms with Crippen LogP contribution in [0.3, 0.4) is 0 Å². The van der Waals surface area contributed by atoms with Crippen molar-refractivity contribution in [2.24, 2.45) is 0 Å². The lowest BCUT2D eigenvalue weighted by atomic mass is 10.1. The summed E-state index contributed by atoms with van der Waals surface area (Å²) in [4.78, 5) is 4.66. The summed E-state index contributed by atoms with van der Waals surface area (Å²) in [5, 5.41) is 9.25. The van der Waals surface area contributed by atoms with Crippen LogP contribution >= 0.6 is 0 Å². The van der Waals surface area contributed by atoms with E-state index in [4.69, 9.17) is 4.74 Å². The van der Waals surface area contributed by atoms with E-state index in [1.54, 1.807) is 0 Å². The second kappa shape index (κ2) is 7.96. The second-order valence-electron chi connectivity index (χ2n) is 6.17. The average molecular weight is 321 g/mol. The lowest BCUT2D eigenvalue weighted by Gasteiger charge is -2.31. The van der Waals surface area contributed by atoms with E-state index in [0.717, 1.165) is 50.5 Å². The molecule has 124 valence electrons. The summed E-state index contributed by atoms with van der Waals surface area (Å²) in [5.74, 6) is 0. The fraction of sp³-hybridized carbons (Fsp3) is 0.350. The van der Waals surface area contributed by atoms with E-state index in [1.807, 2.05) is 24.3 Å². The molecular formula is C20H23N3O. The van der Waals surface area contributed by atoms with Gasteiger partial charge in [0.15, 0.2) is 0 Å². The molecule has 4 nitrogen and oxygen atoms in total. The van der Waals surface area contributed by atoms with Gasteiger partial charge in [-0.25, -0.2) is 0 Å². The molecule has 1 saturated heterocycles. The third-order valence-corrected chi connectivity index (χ3v) is 4.36. The molecule has 0 saturated carbocycles. The molecule has 0 unspecified atom stereocenters. The lowest BCUT2D eigenvalue weighted by Crippen LogP contribution is -2.37. The van der Waals surface area contributed by atoms with Gasteiger partial charge in [-0.15, -0.1) is 0 Å². The molecule has 1 heterocycles. The zero-order valence-corrected chi connectivity index (χ0v) is 14.1. The molecule has 0 amide bonds. The molecule has 0 N–H and O–H groups in total. The Morgan fingerprint density at radius 3 is 2.38 bits per heavy atom. The van der Waals surface area contributed by atoms with Gasteiger partial charge in [0, 0.05) is 31.9 Å². The SMILES string of the molecule is CN(Cc1ccccc1C#N)Cc1ccccc1N1CCOCC1. The van der Waals surface area contributed by atoms with Gasteiger partial charge in [0.1, 0.15) is 0 Å². The van der Waals surface area contributed by atoms with E-state index < -0.39 is 0 Å². The topological polar surface area (TPSA) is 39.5 Å². The molecule has 1 aliphatic rings. The molecule has 0 aromatic heterocycles. The third kappa shape index (κ3) is 3.94. The molecule has 4 heteroatoms. The van der Waals surface area contributed by atoms with Crippen molar-refractivity contribution in [3.05, 3.63) is 65.2 Å². The minimum absolute atomic E-state index is 0.755. The minimum Gasteiger partial charge on any atom is -0.378 e. The predicted molar refractivity (Wildman–Crippen MR) is 95.8 cm³/mol. The van der Waals surface area contributed by atoms with Gasteiger partial charge in [-0.1, -0.05) is 36.4 Å². The van der Waals surface area contributed by atoms with Gasteiger partial charge < -0.3 is 9.64 Å². The first-order valence-electron chi connectivity index (χ1n) is 8.35. The number of para-hydroxylation sites is 1. The molecule has 0 aliphatic carbocycles. The maximum absolute atomic E-state index is 9.25. The largest absolute Gasteiger partial charge is 0.378 e. The van der Waals surface area contributed by atoms with Crippen molar-refractivity contribution in [2.45, 2.75) is 13.1 Å². The minimum atomic E-state index is 0.755. The third-order valence-electron chi connectivity index (χ3n) is 4.36. The highest BCUT2D eigenvalue weighted by Gasteiger charge is 2.15. The Morgan fingerprint density at radius 2 is 1.62 bits per heavy atom. The smallest absolute Gasteiger partial charge is 0.0995 e. The van der Waals surface area contributed by atoms with Crippen LogP contribution in [0.1, 0.15) is 16.7 Å². The normalized spacial score (nSPS) is 14.6. The number of nitrogens with zero attached hydrogens (tertiary/aromatic N) is 3. The van der Waals surface area contributed by atoms with Crippen LogP contribution in [0.5, 0.6) is 0 Å². The van der Waals surface area contributed by atoms with Crippen molar-refractivity contribution in [1.29, 1.82) is 5.26 Å². The van der Waals surface area contributed by atoms with Crippen LogP contribution in [0.15, 0.2) is 48.5 Å². The van der Waals surface area contributed by atoms with E-state index in [1.165, 1.54) is 11.3 Å². The summed E-state index contributed by atoms with van der Waals surface area (Å²) in [6.07, 6.45) is 0. The van der Waals surface area contributed by atoms with Crippen LogP contribution in [0.4, 0.5) is 5.69 Å². The van der Waals surface area contributed by atoms with Gasteiger partial charge in [-0.3, -0.25) is 4.90 Å². The summed E-state index contributed by atoms with van der Waals surface area (Å²) in [7, 11) is 2.10. The first-order valence-corrected chi connectivity index (χ1v) is 8.35. The number of rotatable bonds is 5. The Morgan fingerprint density at radius 1 is 1.00 bits per heavy atom. The lowest BCUT2D eigenvalue weighted by molar-refractivity contribution is 0.122. The van der Waals surface area contributed by atoms with Crippen LogP contribution in [0, 0.1) is 11.3 Å². The van der Waals surface area contributed by atoms with Crippen LogP contribution in [0.25, 0.3) is 0 Å².